The van der Waals surface area contributed by atoms with Crippen molar-refractivity contribution in [3.63, 3.8) is 0 Å². The van der Waals surface area contributed by atoms with Crippen molar-refractivity contribution in [1.82, 2.24) is 0 Å². The number of nitrogens with zero attached hydrogens (tertiary/aromatic N) is 2. The van der Waals surface area contributed by atoms with E-state index in [1.165, 1.54) is 0 Å². The van der Waals surface area contributed by atoms with Crippen molar-refractivity contribution < 1.29 is 9.63 Å². The molecular weight excluding hydrogens is 259 g/mol. The van der Waals surface area contributed by atoms with Gasteiger partial charge in [0, 0.05) is 19.2 Å². The maximum atomic E-state index is 11.5. The smallest absolute Gasteiger partial charge is 0.200 e. The summed E-state index contributed by atoms with van der Waals surface area (Å²) in [7, 11) is -1.51. The number of hydrogen-bond acceptors (Lipinski definition) is 4. The molecule has 0 aromatic heterocycles. The van der Waals surface area contributed by atoms with Crippen molar-refractivity contribution in [2.75, 3.05) is 13.0 Å². The van der Waals surface area contributed by atoms with Crippen LogP contribution in [-0.4, -0.2) is 31.0 Å². The van der Waals surface area contributed by atoms with Crippen LogP contribution in [0.1, 0.15) is 18.9 Å². The summed E-state index contributed by atoms with van der Waals surface area (Å²) in [6.07, 6.45) is 2.26. The van der Waals surface area contributed by atoms with Gasteiger partial charge >= 0.3 is 0 Å². The van der Waals surface area contributed by atoms with Gasteiger partial charge in [-0.1, -0.05) is 30.3 Å². The van der Waals surface area contributed by atoms with Crippen LogP contribution in [-0.2, 0) is 4.74 Å². The van der Waals surface area contributed by atoms with Crippen molar-refractivity contribution in [3.8, 4) is 6.07 Å². The summed E-state index contributed by atoms with van der Waals surface area (Å²) in [6.45, 7) is 2.40. The van der Waals surface area contributed by atoms with Gasteiger partial charge in [-0.2, -0.15) is 5.26 Å². The van der Waals surface area contributed by atoms with E-state index in [9.17, 15) is 4.89 Å². The lowest BCUT2D eigenvalue weighted by atomic mass is 10.2. The normalized spacial score (nSPS) is 13.4. The largest absolute Gasteiger partial charge is 0.629 e. The van der Waals surface area contributed by atoms with Crippen LogP contribution in [0.15, 0.2) is 35.3 Å². The molecule has 19 heavy (non-hydrogen) atoms. The van der Waals surface area contributed by atoms with E-state index in [0.29, 0.717) is 13.0 Å². The van der Waals surface area contributed by atoms with Crippen molar-refractivity contribution >= 4 is 19.8 Å². The zero-order chi connectivity index (χ0) is 13.9. The zero-order valence-electron chi connectivity index (χ0n) is 10.9. The highest BCUT2D eigenvalue weighted by Gasteiger charge is 2.05. The van der Waals surface area contributed by atoms with Gasteiger partial charge in [-0.3, -0.25) is 4.99 Å². The summed E-state index contributed by atoms with van der Waals surface area (Å²) in [4.78, 5) is 15.7. The molecule has 0 N–H and O–H groups in total. The molecule has 4 nitrogen and oxygen atoms in total. The number of rotatable bonds is 7. The number of aliphatic imine (C=N–C) groups is 1. The first kappa shape index (κ1) is 15.5. The van der Waals surface area contributed by atoms with Crippen LogP contribution in [0.3, 0.4) is 0 Å². The summed E-state index contributed by atoms with van der Waals surface area (Å²) in [5.74, 6) is 1.61. The summed E-state index contributed by atoms with van der Waals surface area (Å²) in [5.41, 5.74) is 0.946. The first-order valence-corrected chi connectivity index (χ1v) is 7.60. The third-order valence-electron chi connectivity index (χ3n) is 2.31. The Kier molecular flexibility index (Phi) is 7.69. The second-order valence-electron chi connectivity index (χ2n) is 3.79. The maximum absolute atomic E-state index is 11.5. The van der Waals surface area contributed by atoms with E-state index in [1.807, 2.05) is 37.3 Å². The predicted molar refractivity (Wildman–Crippen MR) is 77.5 cm³/mol. The molecule has 0 spiro atoms. The minimum absolute atomic E-state index is 0.215. The summed E-state index contributed by atoms with van der Waals surface area (Å²) in [6, 6.07) is 11.2. The van der Waals surface area contributed by atoms with Gasteiger partial charge in [0.25, 0.3) is 0 Å². The predicted octanol–water partition coefficient (Wildman–Crippen LogP) is 1.94. The van der Waals surface area contributed by atoms with Gasteiger partial charge in [-0.25, -0.2) is 0 Å². The van der Waals surface area contributed by atoms with Crippen LogP contribution in [0, 0.1) is 11.3 Å². The third kappa shape index (κ3) is 6.83. The molecule has 0 aliphatic carbocycles. The Hall–Kier alpha value is -1.53. The van der Waals surface area contributed by atoms with E-state index in [1.54, 1.807) is 12.0 Å². The Balaban J connectivity index is 2.51. The topological polar surface area (TPSA) is 68.4 Å². The highest BCUT2D eigenvalue weighted by Crippen LogP contribution is 2.11. The molecule has 0 radical (unpaired) electrons. The molecule has 5 heteroatoms. The molecule has 1 rings (SSSR count). The fourth-order valence-corrected chi connectivity index (χ4v) is 2.22. The Labute approximate surface area is 114 Å². The van der Waals surface area contributed by atoms with Gasteiger partial charge in [0.2, 0.25) is 6.35 Å². The van der Waals surface area contributed by atoms with Gasteiger partial charge < -0.3 is 9.63 Å². The number of ether oxygens (including phenoxy) is 1. The van der Waals surface area contributed by atoms with Crippen LogP contribution in [0.5, 0.6) is 0 Å². The molecule has 100 valence electrons. The molecule has 0 saturated carbocycles. The second kappa shape index (κ2) is 9.41. The Morgan fingerprint density at radius 2 is 2.21 bits per heavy atom. The van der Waals surface area contributed by atoms with E-state index >= 15 is 0 Å². The standard InChI is InChI=1S/C14H17N2O2P/c1-2-18-12-19(17)9-8-14(10-15)16-11-13-6-4-3-5-7-13/h3-7,9,11,14H,2,8,12H2,1H3. The van der Waals surface area contributed by atoms with Crippen molar-refractivity contribution in [1.29, 1.82) is 5.26 Å². The summed E-state index contributed by atoms with van der Waals surface area (Å²) >= 11 is 0. The maximum Gasteiger partial charge on any atom is 0.200 e. The molecule has 0 fully saturated rings. The van der Waals surface area contributed by atoms with Crippen LogP contribution in [0.25, 0.3) is 0 Å². The van der Waals surface area contributed by atoms with Gasteiger partial charge in [-0.15, -0.1) is 0 Å². The van der Waals surface area contributed by atoms with Crippen LogP contribution in [0.4, 0.5) is 0 Å². The molecule has 1 aromatic carbocycles. The zero-order valence-corrected chi connectivity index (χ0v) is 11.8. The first-order valence-electron chi connectivity index (χ1n) is 6.09. The van der Waals surface area contributed by atoms with Crippen LogP contribution in [0.2, 0.25) is 0 Å². The van der Waals surface area contributed by atoms with E-state index < -0.39 is 13.8 Å². The molecule has 0 amide bonds. The molecule has 0 heterocycles. The van der Waals surface area contributed by atoms with Gasteiger partial charge in [0.15, 0.2) is 0 Å². The van der Waals surface area contributed by atoms with Gasteiger partial charge in [-0.05, 0) is 12.5 Å². The molecule has 0 aliphatic heterocycles. The SMILES string of the molecule is CCOC[P+]([O-])=CCC(C#N)N=Cc1ccccc1. The van der Waals surface area contributed by atoms with Gasteiger partial charge in [0.1, 0.15) is 6.04 Å². The molecule has 0 aliphatic rings. The summed E-state index contributed by atoms with van der Waals surface area (Å²) in [5, 5.41) is 8.98. The van der Waals surface area contributed by atoms with E-state index in [-0.39, 0.29) is 6.35 Å². The first-order chi connectivity index (χ1) is 9.26. The number of benzene rings is 1. The Morgan fingerprint density at radius 1 is 1.47 bits per heavy atom. The third-order valence-corrected chi connectivity index (χ3v) is 3.36. The second-order valence-corrected chi connectivity index (χ2v) is 5.25. The van der Waals surface area contributed by atoms with Gasteiger partial charge in [0.05, 0.1) is 19.6 Å². The van der Waals surface area contributed by atoms with E-state index in [2.05, 4.69) is 11.1 Å². The van der Waals surface area contributed by atoms with E-state index in [4.69, 9.17) is 10.00 Å². The molecule has 0 saturated heterocycles. The van der Waals surface area contributed by atoms with Crippen molar-refractivity contribution in [3.05, 3.63) is 35.9 Å². The average Bonchev–Trinajstić information content (AvgIpc) is 2.46. The number of nitriles is 1. The monoisotopic (exact) mass is 276 g/mol. The lowest BCUT2D eigenvalue weighted by molar-refractivity contribution is -0.156. The Bertz CT molecular complexity index is 466. The lowest BCUT2D eigenvalue weighted by Gasteiger charge is -2.00. The summed E-state index contributed by atoms with van der Waals surface area (Å²) < 4.78 is 5.05. The van der Waals surface area contributed by atoms with Crippen LogP contribution < -0.4 is 4.89 Å². The van der Waals surface area contributed by atoms with Crippen molar-refractivity contribution in [2.45, 2.75) is 19.4 Å². The number of hydrogen-bond donors (Lipinski definition) is 0. The fraction of sp³-hybridized carbons (Fsp3) is 0.357. The minimum atomic E-state index is -1.51. The highest BCUT2D eigenvalue weighted by molar-refractivity contribution is 7.49. The fourth-order valence-electron chi connectivity index (χ4n) is 1.31. The molecule has 1 aromatic rings. The quantitative estimate of drug-likeness (QED) is 0.564. The van der Waals surface area contributed by atoms with E-state index in [0.717, 1.165) is 5.56 Å². The molecular formula is C14H17N2O2P. The minimum Gasteiger partial charge on any atom is -0.629 e. The average molecular weight is 276 g/mol. The lowest BCUT2D eigenvalue weighted by Crippen LogP contribution is -2.05. The highest BCUT2D eigenvalue weighted by atomic mass is 31.1. The molecule has 2 unspecified atom stereocenters. The Morgan fingerprint density at radius 3 is 2.84 bits per heavy atom. The molecule has 2 atom stereocenters. The molecule has 0 bridgehead atoms. The van der Waals surface area contributed by atoms with Crippen LogP contribution >= 0.6 is 7.77 Å². The van der Waals surface area contributed by atoms with Crippen molar-refractivity contribution in [2.24, 2.45) is 4.99 Å².